The largest absolute Gasteiger partial charge is 0.496 e. The molecule has 2 atom stereocenters. The highest BCUT2D eigenvalue weighted by Crippen LogP contribution is 2.40. The molecule has 76 heavy (non-hydrogen) atoms. The van der Waals surface area contributed by atoms with Gasteiger partial charge in [-0.15, -0.1) is 0 Å². The molecule has 2 aliphatic rings. The molecule has 392 valence electrons. The Kier molecular flexibility index (Phi) is 18.4. The van der Waals surface area contributed by atoms with Gasteiger partial charge in [0, 0.05) is 62.5 Å². The number of fused-ring (bicyclic) bond motifs is 6. The van der Waals surface area contributed by atoms with Crippen molar-refractivity contribution in [1.29, 1.82) is 0 Å². The molecular weight excluding hydrogens is 949 g/mol. The van der Waals surface area contributed by atoms with E-state index in [0.29, 0.717) is 51.0 Å². The Hall–Kier alpha value is -7.60. The molecule has 0 fully saturated rings. The van der Waals surface area contributed by atoms with E-state index < -0.39 is 0 Å². The second-order valence-corrected chi connectivity index (χ2v) is 19.2. The van der Waals surface area contributed by atoms with Gasteiger partial charge in [-0.3, -0.25) is 9.80 Å². The average molecular weight is 1020 g/mol. The van der Waals surface area contributed by atoms with Crippen LogP contribution in [0, 0.1) is 0 Å². The van der Waals surface area contributed by atoms with Crippen molar-refractivity contribution >= 4 is 0 Å². The topological polar surface area (TPSA) is 80.3 Å². The minimum Gasteiger partial charge on any atom is -0.496 e. The Bertz CT molecular complexity index is 2870. The number of hydrogen-bond donors (Lipinski definition) is 0. The predicted molar refractivity (Wildman–Crippen MR) is 302 cm³/mol. The molecule has 8 aromatic rings. The summed E-state index contributed by atoms with van der Waals surface area (Å²) in [7, 11) is 10.1. The van der Waals surface area contributed by atoms with Gasteiger partial charge in [0.25, 0.3) is 0 Å². The van der Waals surface area contributed by atoms with Crippen molar-refractivity contribution in [3.8, 4) is 56.8 Å². The van der Waals surface area contributed by atoms with Gasteiger partial charge in [0.1, 0.15) is 34.5 Å². The Morgan fingerprint density at radius 2 is 0.671 bits per heavy atom. The first-order chi connectivity index (χ1) is 37.4. The number of hydrogen-bond acceptors (Lipinski definition) is 10. The zero-order chi connectivity index (χ0) is 52.6. The summed E-state index contributed by atoms with van der Waals surface area (Å²) in [6, 6.07) is 63.7. The Morgan fingerprint density at radius 1 is 0.368 bits per heavy atom. The zero-order valence-electron chi connectivity index (χ0n) is 44.7. The Labute approximate surface area is 449 Å². The van der Waals surface area contributed by atoms with Gasteiger partial charge in [-0.2, -0.15) is 0 Å². The van der Waals surface area contributed by atoms with E-state index in [-0.39, 0.29) is 12.1 Å². The molecule has 0 radical (unpaired) electrons. The molecule has 0 aliphatic carbocycles. The number of rotatable bonds is 14. The van der Waals surface area contributed by atoms with Crippen molar-refractivity contribution in [2.24, 2.45) is 0 Å². The molecule has 0 spiro atoms. The molecule has 0 aromatic heterocycles. The predicted octanol–water partition coefficient (Wildman–Crippen LogP) is 13.0. The smallest absolute Gasteiger partial charge is 0.130 e. The van der Waals surface area contributed by atoms with Gasteiger partial charge in [0.15, 0.2) is 0 Å². The van der Waals surface area contributed by atoms with Crippen molar-refractivity contribution in [3.05, 3.63) is 226 Å². The fourth-order valence-corrected chi connectivity index (χ4v) is 10.6. The summed E-state index contributed by atoms with van der Waals surface area (Å²) in [6.45, 7) is 5.11. The van der Waals surface area contributed by atoms with Crippen molar-refractivity contribution in [2.75, 3.05) is 55.9 Å². The molecule has 0 saturated heterocycles. The lowest BCUT2D eigenvalue weighted by molar-refractivity contribution is 0.0417. The van der Waals surface area contributed by atoms with Crippen molar-refractivity contribution in [3.63, 3.8) is 0 Å². The average Bonchev–Trinajstić information content (AvgIpc) is 3.49. The van der Waals surface area contributed by atoms with Crippen molar-refractivity contribution in [1.82, 2.24) is 9.80 Å². The number of methoxy groups -OCH3 is 6. The normalized spacial score (nSPS) is 15.7. The lowest BCUT2D eigenvalue weighted by atomic mass is 9.94. The highest BCUT2D eigenvalue weighted by molar-refractivity contribution is 5.72. The van der Waals surface area contributed by atoms with Crippen LogP contribution >= 0.6 is 0 Å². The monoisotopic (exact) mass is 1020 g/mol. The van der Waals surface area contributed by atoms with Gasteiger partial charge in [-0.1, -0.05) is 158 Å². The molecule has 0 amide bonds. The van der Waals surface area contributed by atoms with Crippen LogP contribution in [-0.4, -0.2) is 77.8 Å². The van der Waals surface area contributed by atoms with Gasteiger partial charge >= 0.3 is 0 Å². The minimum atomic E-state index is 0.132. The van der Waals surface area contributed by atoms with Gasteiger partial charge < -0.3 is 37.9 Å². The lowest BCUT2D eigenvalue weighted by Crippen LogP contribution is -2.40. The highest BCUT2D eigenvalue weighted by atomic mass is 16.5. The standard InChI is InChI=1S/2C33H35NO4/c2*1-35-28-18-32(36-2)31(33(19-28)37-3)21-34-20-25-13-7-9-15-29(25)30-16-10-8-14-26(30)22-38-23-27(34)17-24-11-5-4-6-12-24/h2*4-16,18-19,27H,17,20-23H2,1-3H3/t2*27-/m00/s1. The van der Waals surface area contributed by atoms with E-state index in [1.54, 1.807) is 42.7 Å². The van der Waals surface area contributed by atoms with E-state index in [0.717, 1.165) is 60.1 Å². The summed E-state index contributed by atoms with van der Waals surface area (Å²) in [6.07, 6.45) is 1.73. The van der Waals surface area contributed by atoms with E-state index in [1.807, 2.05) is 24.3 Å². The molecule has 10 nitrogen and oxygen atoms in total. The third-order valence-corrected chi connectivity index (χ3v) is 14.5. The number of nitrogens with zero attached hydrogens (tertiary/aromatic N) is 2. The summed E-state index contributed by atoms with van der Waals surface area (Å²) in [5.41, 5.74) is 14.5. The second kappa shape index (κ2) is 26.2. The molecule has 10 heteroatoms. The van der Waals surface area contributed by atoms with Crippen LogP contribution in [0.15, 0.2) is 182 Å². The van der Waals surface area contributed by atoms with E-state index in [9.17, 15) is 0 Å². The fourth-order valence-electron chi connectivity index (χ4n) is 10.6. The van der Waals surface area contributed by atoms with Crippen LogP contribution in [0.3, 0.4) is 0 Å². The molecule has 10 rings (SSSR count). The highest BCUT2D eigenvalue weighted by Gasteiger charge is 2.29. The van der Waals surface area contributed by atoms with Gasteiger partial charge in [0.05, 0.1) is 80.2 Å². The lowest BCUT2D eigenvalue weighted by Gasteiger charge is -2.34. The molecule has 0 N–H and O–H groups in total. The van der Waals surface area contributed by atoms with E-state index in [2.05, 4.69) is 168 Å². The van der Waals surface area contributed by atoms with Gasteiger partial charge in [-0.25, -0.2) is 0 Å². The summed E-state index contributed by atoms with van der Waals surface area (Å²) in [5.74, 6) is 4.39. The first-order valence-corrected chi connectivity index (χ1v) is 26.0. The first kappa shape index (κ1) is 53.2. The molecule has 8 aromatic carbocycles. The Balaban J connectivity index is 0.000000186. The third kappa shape index (κ3) is 12.9. The summed E-state index contributed by atoms with van der Waals surface area (Å²) >= 11 is 0. The first-order valence-electron chi connectivity index (χ1n) is 26.0. The third-order valence-electron chi connectivity index (χ3n) is 14.5. The van der Waals surface area contributed by atoms with Crippen LogP contribution in [-0.2, 0) is 61.7 Å². The van der Waals surface area contributed by atoms with Crippen LogP contribution in [0.4, 0.5) is 0 Å². The van der Waals surface area contributed by atoms with E-state index in [1.165, 1.54) is 55.6 Å². The van der Waals surface area contributed by atoms with E-state index >= 15 is 0 Å². The Morgan fingerprint density at radius 3 is 1.00 bits per heavy atom. The maximum Gasteiger partial charge on any atom is 0.130 e. The summed E-state index contributed by atoms with van der Waals surface area (Å²) < 4.78 is 47.2. The molecule has 0 saturated carbocycles. The van der Waals surface area contributed by atoms with Crippen LogP contribution < -0.4 is 28.4 Å². The van der Waals surface area contributed by atoms with Crippen molar-refractivity contribution in [2.45, 2.75) is 64.3 Å². The van der Waals surface area contributed by atoms with Crippen LogP contribution in [0.5, 0.6) is 34.5 Å². The van der Waals surface area contributed by atoms with Crippen molar-refractivity contribution < 1.29 is 37.9 Å². The summed E-state index contributed by atoms with van der Waals surface area (Å²) in [5, 5.41) is 0. The zero-order valence-corrected chi connectivity index (χ0v) is 44.7. The van der Waals surface area contributed by atoms with Gasteiger partial charge in [0.2, 0.25) is 0 Å². The minimum absolute atomic E-state index is 0.132. The second-order valence-electron chi connectivity index (χ2n) is 19.2. The maximum atomic E-state index is 6.43. The molecule has 2 aliphatic heterocycles. The van der Waals surface area contributed by atoms with Crippen LogP contribution in [0.2, 0.25) is 0 Å². The van der Waals surface area contributed by atoms with Crippen LogP contribution in [0.25, 0.3) is 22.3 Å². The maximum absolute atomic E-state index is 6.43. The SMILES string of the molecule is COc1cc(OC)c(CN2Cc3ccccc3-c3ccccc3COC[C@@H]2Cc2ccccc2)c(OC)c1.COc1cc(OC)c(CN2Cc3ccccc3-c3ccccc3COC[C@@H]2Cc2ccccc2)c(OC)c1. The van der Waals surface area contributed by atoms with E-state index in [4.69, 9.17) is 37.9 Å². The number of benzene rings is 8. The van der Waals surface area contributed by atoms with Crippen LogP contribution in [0.1, 0.15) is 44.5 Å². The molecule has 0 bridgehead atoms. The fraction of sp³-hybridized carbons (Fsp3) is 0.273. The van der Waals surface area contributed by atoms with Gasteiger partial charge in [-0.05, 0) is 68.5 Å². The molecule has 0 unspecified atom stereocenters. The quantitative estimate of drug-likeness (QED) is 0.105. The molecule has 2 heterocycles. The molecular formula is C66H70N2O8. The number of ether oxygens (including phenoxy) is 8. The summed E-state index contributed by atoms with van der Waals surface area (Å²) in [4.78, 5) is 4.99.